The van der Waals surface area contributed by atoms with E-state index < -0.39 is 0 Å². The molecular formula is C12H22N4. The van der Waals surface area contributed by atoms with Gasteiger partial charge >= 0.3 is 0 Å². The molecule has 0 bridgehead atoms. The molecule has 2 rings (SSSR count). The van der Waals surface area contributed by atoms with E-state index >= 15 is 0 Å². The number of nitrogens with one attached hydrogen (secondary N) is 1. The molecule has 0 radical (unpaired) electrons. The first-order valence-electron chi connectivity index (χ1n) is 6.27. The molecule has 1 N–H and O–H groups in total. The normalized spacial score (nSPS) is 21.6. The second-order valence-corrected chi connectivity index (χ2v) is 5.15. The Bertz CT molecular complexity index is 337. The van der Waals surface area contributed by atoms with Gasteiger partial charge in [0.15, 0.2) is 5.82 Å². The van der Waals surface area contributed by atoms with Gasteiger partial charge in [0.05, 0.1) is 0 Å². The van der Waals surface area contributed by atoms with Crippen LogP contribution >= 0.6 is 0 Å². The molecule has 0 saturated carbocycles. The van der Waals surface area contributed by atoms with E-state index in [0.29, 0.717) is 11.8 Å². The summed E-state index contributed by atoms with van der Waals surface area (Å²) in [6.07, 6.45) is 3.48. The molecule has 1 aromatic heterocycles. The minimum absolute atomic E-state index is 0.515. The van der Waals surface area contributed by atoms with Gasteiger partial charge in [0.2, 0.25) is 0 Å². The quantitative estimate of drug-likeness (QED) is 0.842. The van der Waals surface area contributed by atoms with Gasteiger partial charge in [0.1, 0.15) is 5.82 Å². The summed E-state index contributed by atoms with van der Waals surface area (Å²) in [4.78, 5) is 4.69. The minimum atomic E-state index is 0.515. The fraction of sp³-hybridized carbons (Fsp3) is 0.833. The first-order valence-corrected chi connectivity index (χ1v) is 6.27. The summed E-state index contributed by atoms with van der Waals surface area (Å²) in [5.41, 5.74) is 0. The van der Waals surface area contributed by atoms with Crippen LogP contribution in [0.4, 0.5) is 0 Å². The van der Waals surface area contributed by atoms with Crippen LogP contribution in [0.25, 0.3) is 0 Å². The molecule has 16 heavy (non-hydrogen) atoms. The topological polar surface area (TPSA) is 42.7 Å². The third-order valence-electron chi connectivity index (χ3n) is 3.12. The van der Waals surface area contributed by atoms with E-state index in [9.17, 15) is 0 Å². The largest absolute Gasteiger partial charge is 0.316 e. The molecular weight excluding hydrogens is 200 g/mol. The highest BCUT2D eigenvalue weighted by Crippen LogP contribution is 2.20. The van der Waals surface area contributed by atoms with E-state index in [1.807, 2.05) is 11.7 Å². The summed E-state index contributed by atoms with van der Waals surface area (Å²) in [5.74, 6) is 3.31. The van der Waals surface area contributed by atoms with Gasteiger partial charge in [-0.25, -0.2) is 4.98 Å². The highest BCUT2D eigenvalue weighted by Gasteiger charge is 2.20. The number of aromatic nitrogens is 3. The van der Waals surface area contributed by atoms with E-state index in [4.69, 9.17) is 0 Å². The van der Waals surface area contributed by atoms with Crippen LogP contribution in [-0.4, -0.2) is 27.9 Å². The molecule has 4 nitrogen and oxygen atoms in total. The molecule has 1 aliphatic rings. The SMILES string of the molecule is CC(C)Cc1nc(C2CCCNC2)nn1C. The van der Waals surface area contributed by atoms with E-state index in [1.165, 1.54) is 12.8 Å². The van der Waals surface area contributed by atoms with Gasteiger partial charge in [0, 0.05) is 25.9 Å². The van der Waals surface area contributed by atoms with Crippen molar-refractivity contribution in [3.05, 3.63) is 11.6 Å². The van der Waals surface area contributed by atoms with Crippen molar-refractivity contribution in [2.45, 2.75) is 39.0 Å². The number of hydrogen-bond acceptors (Lipinski definition) is 3. The molecule has 1 unspecified atom stereocenters. The van der Waals surface area contributed by atoms with Crippen LogP contribution in [0.2, 0.25) is 0 Å². The molecule has 4 heteroatoms. The van der Waals surface area contributed by atoms with Crippen LogP contribution in [0.3, 0.4) is 0 Å². The zero-order valence-corrected chi connectivity index (χ0v) is 10.5. The molecule has 2 heterocycles. The Morgan fingerprint density at radius 3 is 2.94 bits per heavy atom. The van der Waals surface area contributed by atoms with Gasteiger partial charge in [-0.3, -0.25) is 4.68 Å². The predicted molar refractivity (Wildman–Crippen MR) is 64.4 cm³/mol. The lowest BCUT2D eigenvalue weighted by Crippen LogP contribution is -2.29. The summed E-state index contributed by atoms with van der Waals surface area (Å²) in [6, 6.07) is 0. The van der Waals surface area contributed by atoms with Crippen molar-refractivity contribution in [3.8, 4) is 0 Å². The monoisotopic (exact) mass is 222 g/mol. The first-order chi connectivity index (χ1) is 7.66. The fourth-order valence-corrected chi connectivity index (χ4v) is 2.23. The summed E-state index contributed by atoms with van der Waals surface area (Å²) in [7, 11) is 2.00. The lowest BCUT2D eigenvalue weighted by molar-refractivity contribution is 0.445. The van der Waals surface area contributed by atoms with Crippen molar-refractivity contribution in [2.75, 3.05) is 13.1 Å². The number of hydrogen-bond donors (Lipinski definition) is 1. The molecule has 0 aromatic carbocycles. The Balaban J connectivity index is 2.09. The van der Waals surface area contributed by atoms with Crippen LogP contribution in [0.1, 0.15) is 44.3 Å². The Labute approximate surface area is 97.5 Å². The third kappa shape index (κ3) is 2.61. The van der Waals surface area contributed by atoms with Crippen molar-refractivity contribution < 1.29 is 0 Å². The molecule has 1 atom stereocenters. The number of rotatable bonds is 3. The maximum absolute atomic E-state index is 4.69. The maximum atomic E-state index is 4.69. The van der Waals surface area contributed by atoms with Crippen molar-refractivity contribution in [3.63, 3.8) is 0 Å². The number of piperidine rings is 1. The third-order valence-corrected chi connectivity index (χ3v) is 3.12. The molecule has 1 fully saturated rings. The lowest BCUT2D eigenvalue weighted by Gasteiger charge is -2.19. The molecule has 0 amide bonds. The highest BCUT2D eigenvalue weighted by atomic mass is 15.3. The molecule has 0 aliphatic carbocycles. The maximum Gasteiger partial charge on any atom is 0.155 e. The van der Waals surface area contributed by atoms with Crippen molar-refractivity contribution in [2.24, 2.45) is 13.0 Å². The van der Waals surface area contributed by atoms with Crippen LogP contribution in [0, 0.1) is 5.92 Å². The molecule has 0 spiro atoms. The second kappa shape index (κ2) is 4.95. The zero-order chi connectivity index (χ0) is 11.5. The standard InChI is InChI=1S/C12H22N4/c1-9(2)7-11-14-12(15-16(11)3)10-5-4-6-13-8-10/h9-10,13H,4-8H2,1-3H3. The van der Waals surface area contributed by atoms with Gasteiger partial charge in [0.25, 0.3) is 0 Å². The van der Waals surface area contributed by atoms with Gasteiger partial charge in [-0.1, -0.05) is 13.8 Å². The Morgan fingerprint density at radius 1 is 1.50 bits per heavy atom. The number of aryl methyl sites for hydroxylation is 1. The van der Waals surface area contributed by atoms with E-state index in [-0.39, 0.29) is 0 Å². The Morgan fingerprint density at radius 2 is 2.31 bits per heavy atom. The van der Waals surface area contributed by atoms with Crippen LogP contribution in [-0.2, 0) is 13.5 Å². The average Bonchev–Trinajstić information content (AvgIpc) is 2.61. The van der Waals surface area contributed by atoms with Gasteiger partial charge in [-0.2, -0.15) is 5.10 Å². The average molecular weight is 222 g/mol. The molecule has 1 saturated heterocycles. The predicted octanol–water partition coefficient (Wildman–Crippen LogP) is 1.48. The van der Waals surface area contributed by atoms with Gasteiger partial charge in [-0.05, 0) is 25.3 Å². The van der Waals surface area contributed by atoms with Gasteiger partial charge in [-0.15, -0.1) is 0 Å². The van der Waals surface area contributed by atoms with Crippen LogP contribution in [0.15, 0.2) is 0 Å². The summed E-state index contributed by atoms with van der Waals surface area (Å²) >= 11 is 0. The molecule has 1 aromatic rings. The van der Waals surface area contributed by atoms with Crippen LogP contribution in [0.5, 0.6) is 0 Å². The lowest BCUT2D eigenvalue weighted by atomic mass is 9.99. The highest BCUT2D eigenvalue weighted by molar-refractivity contribution is 5.02. The number of nitrogens with zero attached hydrogens (tertiary/aromatic N) is 3. The van der Waals surface area contributed by atoms with Crippen LogP contribution < -0.4 is 5.32 Å². The van der Waals surface area contributed by atoms with Gasteiger partial charge < -0.3 is 5.32 Å². The van der Waals surface area contributed by atoms with Crippen molar-refractivity contribution in [1.82, 2.24) is 20.1 Å². The smallest absolute Gasteiger partial charge is 0.155 e. The summed E-state index contributed by atoms with van der Waals surface area (Å²) in [5, 5.41) is 7.97. The van der Waals surface area contributed by atoms with E-state index in [0.717, 1.165) is 31.2 Å². The Hall–Kier alpha value is -0.900. The fourth-order valence-electron chi connectivity index (χ4n) is 2.23. The van der Waals surface area contributed by atoms with E-state index in [1.54, 1.807) is 0 Å². The van der Waals surface area contributed by atoms with Crippen molar-refractivity contribution >= 4 is 0 Å². The molecule has 1 aliphatic heterocycles. The Kier molecular flexibility index (Phi) is 3.59. The van der Waals surface area contributed by atoms with Crippen molar-refractivity contribution in [1.29, 1.82) is 0 Å². The summed E-state index contributed by atoms with van der Waals surface area (Å²) in [6.45, 7) is 6.61. The summed E-state index contributed by atoms with van der Waals surface area (Å²) < 4.78 is 1.95. The second-order valence-electron chi connectivity index (χ2n) is 5.15. The zero-order valence-electron chi connectivity index (χ0n) is 10.5. The minimum Gasteiger partial charge on any atom is -0.316 e. The van der Waals surface area contributed by atoms with E-state index in [2.05, 4.69) is 29.2 Å². The molecule has 90 valence electrons. The first kappa shape index (κ1) is 11.6.